The highest BCUT2D eigenvalue weighted by Gasteiger charge is 2.27. The Morgan fingerprint density at radius 1 is 1.35 bits per heavy atom. The SMILES string of the molecule is CCCNc1ncnc(SC2CCOC2C)c1CCC. The summed E-state index contributed by atoms with van der Waals surface area (Å²) in [5.74, 6) is 1.01. The quantitative estimate of drug-likeness (QED) is 0.780. The van der Waals surface area contributed by atoms with Crippen LogP contribution in [0.25, 0.3) is 0 Å². The second kappa shape index (κ2) is 7.84. The molecule has 1 aliphatic heterocycles. The molecule has 0 radical (unpaired) electrons. The normalized spacial score (nSPS) is 22.1. The number of aromatic nitrogens is 2. The molecule has 1 N–H and O–H groups in total. The van der Waals surface area contributed by atoms with E-state index in [1.807, 2.05) is 11.8 Å². The van der Waals surface area contributed by atoms with Crippen LogP contribution < -0.4 is 5.32 Å². The molecule has 1 fully saturated rings. The van der Waals surface area contributed by atoms with Crippen LogP contribution in [0.15, 0.2) is 11.4 Å². The summed E-state index contributed by atoms with van der Waals surface area (Å²) in [6, 6.07) is 0. The zero-order chi connectivity index (χ0) is 14.4. The Morgan fingerprint density at radius 2 is 2.20 bits per heavy atom. The van der Waals surface area contributed by atoms with Crippen LogP contribution in [0.3, 0.4) is 0 Å². The minimum Gasteiger partial charge on any atom is -0.377 e. The topological polar surface area (TPSA) is 47.0 Å². The van der Waals surface area contributed by atoms with Crippen molar-refractivity contribution in [1.29, 1.82) is 0 Å². The number of rotatable bonds is 7. The van der Waals surface area contributed by atoms with Gasteiger partial charge < -0.3 is 10.1 Å². The monoisotopic (exact) mass is 295 g/mol. The van der Waals surface area contributed by atoms with Gasteiger partial charge in [-0.25, -0.2) is 9.97 Å². The van der Waals surface area contributed by atoms with Crippen LogP contribution in [-0.4, -0.2) is 34.5 Å². The average molecular weight is 295 g/mol. The first-order valence-corrected chi connectivity index (χ1v) is 8.50. The van der Waals surface area contributed by atoms with E-state index in [9.17, 15) is 0 Å². The number of nitrogens with zero attached hydrogens (tertiary/aromatic N) is 2. The van der Waals surface area contributed by atoms with Crippen molar-refractivity contribution in [3.8, 4) is 0 Å². The van der Waals surface area contributed by atoms with E-state index in [1.165, 1.54) is 5.56 Å². The van der Waals surface area contributed by atoms with Crippen molar-refractivity contribution in [3.63, 3.8) is 0 Å². The Hall–Kier alpha value is -0.810. The molecular formula is C15H25N3OS. The van der Waals surface area contributed by atoms with Gasteiger partial charge in [-0.2, -0.15) is 0 Å². The molecule has 1 aliphatic rings. The molecular weight excluding hydrogens is 270 g/mol. The predicted molar refractivity (Wildman–Crippen MR) is 84.5 cm³/mol. The number of thioether (sulfide) groups is 1. The van der Waals surface area contributed by atoms with Gasteiger partial charge in [0.1, 0.15) is 17.2 Å². The zero-order valence-electron chi connectivity index (χ0n) is 12.7. The van der Waals surface area contributed by atoms with Crippen LogP contribution in [0.1, 0.15) is 45.6 Å². The Bertz CT molecular complexity index is 428. The molecule has 0 bridgehead atoms. The van der Waals surface area contributed by atoms with E-state index < -0.39 is 0 Å². The fourth-order valence-corrected chi connectivity index (χ4v) is 3.60. The van der Waals surface area contributed by atoms with E-state index in [4.69, 9.17) is 4.74 Å². The fraction of sp³-hybridized carbons (Fsp3) is 0.733. The molecule has 2 atom stereocenters. The highest BCUT2D eigenvalue weighted by atomic mass is 32.2. The lowest BCUT2D eigenvalue weighted by Crippen LogP contribution is -2.15. The van der Waals surface area contributed by atoms with E-state index in [0.717, 1.165) is 49.7 Å². The second-order valence-corrected chi connectivity index (χ2v) is 6.43. The van der Waals surface area contributed by atoms with Crippen molar-refractivity contribution in [2.75, 3.05) is 18.5 Å². The molecule has 20 heavy (non-hydrogen) atoms. The van der Waals surface area contributed by atoms with Gasteiger partial charge >= 0.3 is 0 Å². The number of hydrogen-bond acceptors (Lipinski definition) is 5. The Labute approximate surface area is 126 Å². The van der Waals surface area contributed by atoms with Crippen LogP contribution in [0.2, 0.25) is 0 Å². The van der Waals surface area contributed by atoms with E-state index in [2.05, 4.69) is 36.1 Å². The molecule has 2 rings (SSSR count). The van der Waals surface area contributed by atoms with Gasteiger partial charge in [-0.1, -0.05) is 32.0 Å². The minimum absolute atomic E-state index is 0.316. The van der Waals surface area contributed by atoms with Gasteiger partial charge in [0.2, 0.25) is 0 Å². The van der Waals surface area contributed by atoms with E-state index in [0.29, 0.717) is 11.4 Å². The average Bonchev–Trinajstić information content (AvgIpc) is 2.85. The van der Waals surface area contributed by atoms with Crippen LogP contribution in [-0.2, 0) is 11.2 Å². The van der Waals surface area contributed by atoms with Gasteiger partial charge in [-0.15, -0.1) is 0 Å². The van der Waals surface area contributed by atoms with Crippen LogP contribution in [0, 0.1) is 0 Å². The standard InChI is InChI=1S/C15H25N3OS/c1-4-6-12-14(16-8-5-2)17-10-18-15(12)20-13-7-9-19-11(13)3/h10-11,13H,4-9H2,1-3H3,(H,16,17,18). The van der Waals surface area contributed by atoms with E-state index >= 15 is 0 Å². The van der Waals surface area contributed by atoms with Gasteiger partial charge in [-0.05, 0) is 26.2 Å². The van der Waals surface area contributed by atoms with Crippen molar-refractivity contribution < 1.29 is 4.74 Å². The molecule has 1 aromatic heterocycles. The molecule has 0 spiro atoms. The molecule has 5 heteroatoms. The smallest absolute Gasteiger partial charge is 0.133 e. The lowest BCUT2D eigenvalue weighted by Gasteiger charge is -2.17. The van der Waals surface area contributed by atoms with Crippen molar-refractivity contribution in [3.05, 3.63) is 11.9 Å². The lowest BCUT2D eigenvalue weighted by atomic mass is 10.2. The second-order valence-electron chi connectivity index (χ2n) is 5.20. The van der Waals surface area contributed by atoms with Crippen molar-refractivity contribution in [2.45, 2.75) is 62.8 Å². The van der Waals surface area contributed by atoms with Gasteiger partial charge in [0.25, 0.3) is 0 Å². The molecule has 2 heterocycles. The Kier molecular flexibility index (Phi) is 6.10. The summed E-state index contributed by atoms with van der Waals surface area (Å²) >= 11 is 1.86. The highest BCUT2D eigenvalue weighted by Crippen LogP contribution is 2.35. The summed E-state index contributed by atoms with van der Waals surface area (Å²) in [6.07, 6.45) is 6.34. The van der Waals surface area contributed by atoms with Crippen LogP contribution in [0.5, 0.6) is 0 Å². The van der Waals surface area contributed by atoms with Crippen molar-refractivity contribution in [2.24, 2.45) is 0 Å². The minimum atomic E-state index is 0.316. The molecule has 112 valence electrons. The van der Waals surface area contributed by atoms with Crippen LogP contribution >= 0.6 is 11.8 Å². The number of ether oxygens (including phenoxy) is 1. The number of hydrogen-bond donors (Lipinski definition) is 1. The van der Waals surface area contributed by atoms with Gasteiger partial charge in [0.05, 0.1) is 6.10 Å². The van der Waals surface area contributed by atoms with E-state index in [1.54, 1.807) is 6.33 Å². The van der Waals surface area contributed by atoms with Gasteiger partial charge in [0.15, 0.2) is 0 Å². The lowest BCUT2D eigenvalue weighted by molar-refractivity contribution is 0.127. The zero-order valence-corrected chi connectivity index (χ0v) is 13.5. The summed E-state index contributed by atoms with van der Waals surface area (Å²) in [5.41, 5.74) is 1.27. The first kappa shape index (κ1) is 15.6. The molecule has 1 aromatic rings. The van der Waals surface area contributed by atoms with Gasteiger partial charge in [0, 0.05) is 24.0 Å². The summed E-state index contributed by atoms with van der Waals surface area (Å²) in [5, 5.41) is 5.07. The first-order valence-electron chi connectivity index (χ1n) is 7.62. The van der Waals surface area contributed by atoms with Crippen molar-refractivity contribution >= 4 is 17.6 Å². The molecule has 0 aliphatic carbocycles. The maximum absolute atomic E-state index is 5.65. The third-order valence-corrected chi connectivity index (χ3v) is 5.01. The summed E-state index contributed by atoms with van der Waals surface area (Å²) in [6.45, 7) is 8.35. The molecule has 0 aromatic carbocycles. The van der Waals surface area contributed by atoms with Gasteiger partial charge in [-0.3, -0.25) is 0 Å². The van der Waals surface area contributed by atoms with Crippen LogP contribution in [0.4, 0.5) is 5.82 Å². The third-order valence-electron chi connectivity index (χ3n) is 3.52. The number of anilines is 1. The largest absolute Gasteiger partial charge is 0.377 e. The molecule has 2 unspecified atom stereocenters. The summed E-state index contributed by atoms with van der Waals surface area (Å²) in [7, 11) is 0. The third kappa shape index (κ3) is 3.85. The highest BCUT2D eigenvalue weighted by molar-refractivity contribution is 8.00. The fourth-order valence-electron chi connectivity index (χ4n) is 2.38. The summed E-state index contributed by atoms with van der Waals surface area (Å²) in [4.78, 5) is 8.94. The Morgan fingerprint density at radius 3 is 2.85 bits per heavy atom. The van der Waals surface area contributed by atoms with Crippen molar-refractivity contribution in [1.82, 2.24) is 9.97 Å². The summed E-state index contributed by atoms with van der Waals surface area (Å²) < 4.78 is 5.65. The Balaban J connectivity index is 2.17. The number of nitrogens with one attached hydrogen (secondary N) is 1. The van der Waals surface area contributed by atoms with E-state index in [-0.39, 0.29) is 0 Å². The predicted octanol–water partition coefficient (Wildman–Crippen LogP) is 3.52. The first-order chi connectivity index (χ1) is 9.76. The maximum atomic E-state index is 5.65. The maximum Gasteiger partial charge on any atom is 0.133 e. The molecule has 1 saturated heterocycles. The molecule has 0 amide bonds. The molecule has 0 saturated carbocycles. The molecule has 4 nitrogen and oxygen atoms in total.